The van der Waals surface area contributed by atoms with E-state index >= 15 is 0 Å². The lowest BCUT2D eigenvalue weighted by molar-refractivity contribution is -0.119. The lowest BCUT2D eigenvalue weighted by Crippen LogP contribution is -2.28. The third-order valence-electron chi connectivity index (χ3n) is 2.61. The molecule has 0 spiro atoms. The summed E-state index contributed by atoms with van der Waals surface area (Å²) in [4.78, 5) is 15.9. The lowest BCUT2D eigenvalue weighted by atomic mass is 10.0. The van der Waals surface area contributed by atoms with Gasteiger partial charge in [0.1, 0.15) is 0 Å². The van der Waals surface area contributed by atoms with Crippen molar-refractivity contribution in [2.45, 2.75) is 19.4 Å². The Kier molecular flexibility index (Phi) is 2.97. The third kappa shape index (κ3) is 2.09. The summed E-state index contributed by atoms with van der Waals surface area (Å²) in [5, 5.41) is 1.03. The van der Waals surface area contributed by atoms with Gasteiger partial charge in [-0.15, -0.1) is 0 Å². The van der Waals surface area contributed by atoms with Crippen LogP contribution in [-0.2, 0) is 11.2 Å². The minimum absolute atomic E-state index is 0.0522. The molecule has 1 heterocycles. The Balaban J connectivity index is 2.41. The van der Waals surface area contributed by atoms with E-state index in [-0.39, 0.29) is 5.78 Å². The highest BCUT2D eigenvalue weighted by molar-refractivity contribution is 5.91. The van der Waals surface area contributed by atoms with Crippen LogP contribution in [0.5, 0.6) is 0 Å². The molecule has 0 aliphatic carbocycles. The number of rotatable bonds is 3. The van der Waals surface area contributed by atoms with Crippen molar-refractivity contribution in [1.29, 1.82) is 0 Å². The maximum absolute atomic E-state index is 11.6. The number of Topliss-reactive ketones (excluding diaryl/α,β-unsaturated/α-hetero) is 1. The van der Waals surface area contributed by atoms with Crippen molar-refractivity contribution in [3.63, 3.8) is 0 Å². The molecule has 0 saturated heterocycles. The van der Waals surface area contributed by atoms with Crippen LogP contribution in [0.25, 0.3) is 10.9 Å². The first-order valence-electron chi connectivity index (χ1n) is 5.29. The van der Waals surface area contributed by atoms with E-state index in [1.54, 1.807) is 13.1 Å². The summed E-state index contributed by atoms with van der Waals surface area (Å²) in [7, 11) is 0. The van der Waals surface area contributed by atoms with Gasteiger partial charge in [0.2, 0.25) is 0 Å². The Morgan fingerprint density at radius 3 is 2.88 bits per heavy atom. The Hall–Kier alpha value is -1.74. The molecule has 2 N–H and O–H groups in total. The van der Waals surface area contributed by atoms with Crippen LogP contribution in [0.15, 0.2) is 36.5 Å². The average molecular weight is 214 g/mol. The monoisotopic (exact) mass is 214 g/mol. The van der Waals surface area contributed by atoms with Gasteiger partial charge in [-0.25, -0.2) is 0 Å². The minimum Gasteiger partial charge on any atom is -0.322 e. The van der Waals surface area contributed by atoms with Crippen molar-refractivity contribution in [3.8, 4) is 0 Å². The van der Waals surface area contributed by atoms with E-state index in [0.29, 0.717) is 6.42 Å². The second-order valence-corrected chi connectivity index (χ2v) is 3.92. The number of pyridine rings is 1. The molecule has 0 aliphatic rings. The predicted octanol–water partition coefficient (Wildman–Crippen LogP) is 1.69. The Morgan fingerprint density at radius 1 is 1.38 bits per heavy atom. The van der Waals surface area contributed by atoms with Crippen LogP contribution in [0.3, 0.4) is 0 Å². The molecule has 3 nitrogen and oxygen atoms in total. The van der Waals surface area contributed by atoms with E-state index in [2.05, 4.69) is 4.98 Å². The van der Waals surface area contributed by atoms with E-state index in [1.165, 1.54) is 0 Å². The average Bonchev–Trinajstić information content (AvgIpc) is 2.29. The molecule has 3 heteroatoms. The number of nitrogens with two attached hydrogens (primary N) is 1. The van der Waals surface area contributed by atoms with E-state index in [9.17, 15) is 4.79 Å². The number of carbonyl (C=O) groups is 1. The predicted molar refractivity (Wildman–Crippen MR) is 64.1 cm³/mol. The SMILES string of the molecule is CC(N)C(=O)Cc1ccnc2ccccc12. The summed E-state index contributed by atoms with van der Waals surface area (Å²) in [6.45, 7) is 1.71. The number of ketones is 1. The largest absolute Gasteiger partial charge is 0.322 e. The Bertz CT molecular complexity index is 515. The molecule has 82 valence electrons. The molecule has 16 heavy (non-hydrogen) atoms. The topological polar surface area (TPSA) is 56.0 Å². The summed E-state index contributed by atoms with van der Waals surface area (Å²) in [5.41, 5.74) is 7.47. The summed E-state index contributed by atoms with van der Waals surface area (Å²) in [5.74, 6) is 0.0522. The number of carbonyl (C=O) groups excluding carboxylic acids is 1. The van der Waals surface area contributed by atoms with Crippen molar-refractivity contribution in [1.82, 2.24) is 4.98 Å². The fourth-order valence-electron chi connectivity index (χ4n) is 1.66. The molecular weight excluding hydrogens is 200 g/mol. The smallest absolute Gasteiger partial charge is 0.153 e. The van der Waals surface area contributed by atoms with Crippen molar-refractivity contribution >= 4 is 16.7 Å². The summed E-state index contributed by atoms with van der Waals surface area (Å²) < 4.78 is 0. The molecule has 0 radical (unpaired) electrons. The number of hydrogen-bond donors (Lipinski definition) is 1. The zero-order chi connectivity index (χ0) is 11.5. The van der Waals surface area contributed by atoms with Gasteiger partial charge in [-0.05, 0) is 24.6 Å². The van der Waals surface area contributed by atoms with E-state index in [1.807, 2.05) is 30.3 Å². The molecule has 0 amide bonds. The number of fused-ring (bicyclic) bond motifs is 1. The highest BCUT2D eigenvalue weighted by atomic mass is 16.1. The van der Waals surface area contributed by atoms with Gasteiger partial charge in [0.15, 0.2) is 5.78 Å². The van der Waals surface area contributed by atoms with Crippen molar-refractivity contribution in [3.05, 3.63) is 42.1 Å². The van der Waals surface area contributed by atoms with Crippen LogP contribution in [0.4, 0.5) is 0 Å². The number of benzene rings is 1. The third-order valence-corrected chi connectivity index (χ3v) is 2.61. The first-order valence-corrected chi connectivity index (χ1v) is 5.29. The normalized spacial score (nSPS) is 12.6. The molecule has 1 atom stereocenters. The fraction of sp³-hybridized carbons (Fsp3) is 0.231. The standard InChI is InChI=1S/C13H14N2O/c1-9(14)13(16)8-10-6-7-15-12-5-3-2-4-11(10)12/h2-7,9H,8,14H2,1H3. The van der Waals surface area contributed by atoms with Crippen LogP contribution < -0.4 is 5.73 Å². The van der Waals surface area contributed by atoms with E-state index in [4.69, 9.17) is 5.73 Å². The first kappa shape index (κ1) is 10.8. The highest BCUT2D eigenvalue weighted by Gasteiger charge is 2.10. The van der Waals surface area contributed by atoms with Crippen molar-refractivity contribution in [2.75, 3.05) is 0 Å². The van der Waals surface area contributed by atoms with E-state index in [0.717, 1.165) is 16.5 Å². The van der Waals surface area contributed by atoms with Gasteiger partial charge in [0, 0.05) is 18.0 Å². The molecule has 1 aromatic carbocycles. The number of aromatic nitrogens is 1. The molecular formula is C13H14N2O. The molecule has 0 aliphatic heterocycles. The fourth-order valence-corrected chi connectivity index (χ4v) is 1.66. The molecule has 2 rings (SSSR count). The maximum atomic E-state index is 11.6. The number of nitrogens with zero attached hydrogens (tertiary/aromatic N) is 1. The van der Waals surface area contributed by atoms with Crippen LogP contribution in [0.2, 0.25) is 0 Å². The van der Waals surface area contributed by atoms with Gasteiger partial charge in [-0.1, -0.05) is 18.2 Å². The van der Waals surface area contributed by atoms with E-state index < -0.39 is 6.04 Å². The highest BCUT2D eigenvalue weighted by Crippen LogP contribution is 2.16. The van der Waals surface area contributed by atoms with Crippen molar-refractivity contribution < 1.29 is 4.79 Å². The zero-order valence-corrected chi connectivity index (χ0v) is 9.18. The van der Waals surface area contributed by atoms with Crippen LogP contribution in [-0.4, -0.2) is 16.8 Å². The Labute approximate surface area is 94.3 Å². The summed E-state index contributed by atoms with van der Waals surface area (Å²) in [6, 6.07) is 9.27. The first-order chi connectivity index (χ1) is 7.68. The van der Waals surface area contributed by atoms with Gasteiger partial charge < -0.3 is 5.73 Å². The molecule has 0 saturated carbocycles. The zero-order valence-electron chi connectivity index (χ0n) is 9.18. The Morgan fingerprint density at radius 2 is 2.12 bits per heavy atom. The quantitative estimate of drug-likeness (QED) is 0.846. The summed E-state index contributed by atoms with van der Waals surface area (Å²) >= 11 is 0. The van der Waals surface area contributed by atoms with Gasteiger partial charge in [-0.3, -0.25) is 9.78 Å². The van der Waals surface area contributed by atoms with Gasteiger partial charge >= 0.3 is 0 Å². The summed E-state index contributed by atoms with van der Waals surface area (Å²) in [6.07, 6.45) is 2.10. The lowest BCUT2D eigenvalue weighted by Gasteiger charge is -2.07. The molecule has 2 aromatic rings. The van der Waals surface area contributed by atoms with Gasteiger partial charge in [-0.2, -0.15) is 0 Å². The van der Waals surface area contributed by atoms with Crippen LogP contribution >= 0.6 is 0 Å². The minimum atomic E-state index is -0.410. The van der Waals surface area contributed by atoms with Gasteiger partial charge in [0.05, 0.1) is 11.6 Å². The second kappa shape index (κ2) is 4.41. The van der Waals surface area contributed by atoms with Crippen molar-refractivity contribution in [2.24, 2.45) is 5.73 Å². The van der Waals surface area contributed by atoms with Crippen LogP contribution in [0, 0.1) is 0 Å². The number of hydrogen-bond acceptors (Lipinski definition) is 3. The second-order valence-electron chi connectivity index (χ2n) is 3.92. The maximum Gasteiger partial charge on any atom is 0.153 e. The molecule has 1 unspecified atom stereocenters. The van der Waals surface area contributed by atoms with Crippen LogP contribution in [0.1, 0.15) is 12.5 Å². The number of para-hydroxylation sites is 1. The molecule has 1 aromatic heterocycles. The van der Waals surface area contributed by atoms with Gasteiger partial charge in [0.25, 0.3) is 0 Å². The molecule has 0 fully saturated rings. The molecule has 0 bridgehead atoms.